The molecule has 0 aromatic heterocycles. The molecule has 0 heterocycles. The van der Waals surface area contributed by atoms with Crippen LogP contribution < -0.4 is 5.32 Å². The van der Waals surface area contributed by atoms with E-state index in [0.717, 1.165) is 42.5 Å². The molecule has 0 unspecified atom stereocenters. The van der Waals surface area contributed by atoms with E-state index in [9.17, 15) is 18.0 Å². The maximum atomic E-state index is 12.6. The summed E-state index contributed by atoms with van der Waals surface area (Å²) in [6.45, 7) is 2.05. The van der Waals surface area contributed by atoms with Crippen LogP contribution in [0.5, 0.6) is 0 Å². The third-order valence-corrected chi connectivity index (χ3v) is 4.22. The number of unbranched alkanes of at least 4 members (excludes halogenated alkanes) is 1. The summed E-state index contributed by atoms with van der Waals surface area (Å²) in [5, 5.41) is 11.5. The van der Waals surface area contributed by atoms with E-state index in [1.54, 1.807) is 0 Å². The highest BCUT2D eigenvalue weighted by Gasteiger charge is 2.29. The van der Waals surface area contributed by atoms with Crippen LogP contribution in [0.4, 0.5) is 18.0 Å². The quantitative estimate of drug-likeness (QED) is 0.657. The van der Waals surface area contributed by atoms with Crippen LogP contribution in [-0.4, -0.2) is 17.2 Å². The zero-order valence-corrected chi connectivity index (χ0v) is 14.5. The molecule has 0 aliphatic carbocycles. The Kier molecular flexibility index (Phi) is 6.66. The summed E-state index contributed by atoms with van der Waals surface area (Å²) in [5.41, 5.74) is 1.83. The van der Waals surface area contributed by atoms with E-state index < -0.39 is 17.8 Å². The molecule has 26 heavy (non-hydrogen) atoms. The number of carbonyl (C=O) groups is 1. The molecule has 2 aromatic carbocycles. The van der Waals surface area contributed by atoms with Crippen LogP contribution in [0.1, 0.15) is 37.3 Å². The predicted molar refractivity (Wildman–Crippen MR) is 95.1 cm³/mol. The lowest BCUT2D eigenvalue weighted by molar-refractivity contribution is -0.137. The Hall–Kier alpha value is -2.50. The van der Waals surface area contributed by atoms with Crippen LogP contribution in [-0.2, 0) is 12.6 Å². The first-order chi connectivity index (χ1) is 12.3. The van der Waals surface area contributed by atoms with Crippen molar-refractivity contribution in [1.82, 2.24) is 5.32 Å². The predicted octanol–water partition coefficient (Wildman–Crippen LogP) is 5.74. The van der Waals surface area contributed by atoms with Gasteiger partial charge in [0.1, 0.15) is 0 Å². The van der Waals surface area contributed by atoms with E-state index in [1.807, 2.05) is 24.3 Å². The van der Waals surface area contributed by atoms with E-state index >= 15 is 0 Å². The summed E-state index contributed by atoms with van der Waals surface area (Å²) < 4.78 is 37.9. The normalized spacial score (nSPS) is 12.6. The van der Waals surface area contributed by atoms with Crippen molar-refractivity contribution in [3.05, 3.63) is 59.7 Å². The highest BCUT2D eigenvalue weighted by atomic mass is 19.4. The Morgan fingerprint density at radius 3 is 2.04 bits per heavy atom. The molecule has 3 nitrogen and oxygen atoms in total. The standard InChI is InChI=1S/C20H22F3NO2/c1-2-3-4-18(24-19(25)26)13-14-5-7-15(8-6-14)16-9-11-17(12-10-16)20(21,22)23/h5-12,18,24H,2-4,13H2,1H3,(H,25,26)/t18-/m0/s1. The van der Waals surface area contributed by atoms with Gasteiger partial charge in [-0.05, 0) is 41.7 Å². The second kappa shape index (κ2) is 8.74. The fraction of sp³-hybridized carbons (Fsp3) is 0.350. The maximum absolute atomic E-state index is 12.6. The average Bonchev–Trinajstić information content (AvgIpc) is 2.59. The zero-order valence-electron chi connectivity index (χ0n) is 14.5. The summed E-state index contributed by atoms with van der Waals surface area (Å²) >= 11 is 0. The second-order valence-corrected chi connectivity index (χ2v) is 6.26. The molecule has 0 aliphatic rings. The van der Waals surface area contributed by atoms with Crippen molar-refractivity contribution in [2.45, 2.75) is 44.8 Å². The molecule has 1 atom stereocenters. The topological polar surface area (TPSA) is 49.3 Å². The lowest BCUT2D eigenvalue weighted by atomic mass is 9.98. The second-order valence-electron chi connectivity index (χ2n) is 6.26. The molecule has 2 aromatic rings. The first kappa shape index (κ1) is 19.8. The Morgan fingerprint density at radius 1 is 1.04 bits per heavy atom. The van der Waals surface area contributed by atoms with Crippen LogP contribution in [0.25, 0.3) is 11.1 Å². The first-order valence-corrected chi connectivity index (χ1v) is 8.55. The van der Waals surface area contributed by atoms with Crippen LogP contribution in [0.2, 0.25) is 0 Å². The molecule has 0 saturated carbocycles. The molecule has 2 N–H and O–H groups in total. The molecule has 2 rings (SSSR count). The largest absolute Gasteiger partial charge is 0.465 e. The van der Waals surface area contributed by atoms with Crippen LogP contribution in [0.3, 0.4) is 0 Å². The van der Waals surface area contributed by atoms with Gasteiger partial charge in [0.2, 0.25) is 0 Å². The number of carboxylic acid groups (broad SMARTS) is 1. The molecule has 0 bridgehead atoms. The third kappa shape index (κ3) is 5.79. The molecule has 0 radical (unpaired) electrons. The van der Waals surface area contributed by atoms with E-state index in [4.69, 9.17) is 5.11 Å². The van der Waals surface area contributed by atoms with Gasteiger partial charge < -0.3 is 10.4 Å². The summed E-state index contributed by atoms with van der Waals surface area (Å²) in [6, 6.07) is 12.4. The molecule has 0 fully saturated rings. The number of hydrogen-bond acceptors (Lipinski definition) is 1. The summed E-state index contributed by atoms with van der Waals surface area (Å²) in [4.78, 5) is 10.9. The minimum absolute atomic E-state index is 0.149. The van der Waals surface area contributed by atoms with Crippen molar-refractivity contribution in [1.29, 1.82) is 0 Å². The van der Waals surface area contributed by atoms with Crippen molar-refractivity contribution in [2.75, 3.05) is 0 Å². The Labute approximate surface area is 150 Å². The number of nitrogens with one attached hydrogen (secondary N) is 1. The van der Waals surface area contributed by atoms with Gasteiger partial charge in [-0.2, -0.15) is 13.2 Å². The lowest BCUT2D eigenvalue weighted by Gasteiger charge is -2.17. The lowest BCUT2D eigenvalue weighted by Crippen LogP contribution is -2.35. The molecule has 0 saturated heterocycles. The third-order valence-electron chi connectivity index (χ3n) is 4.22. The number of rotatable bonds is 7. The molecular formula is C20H22F3NO2. The van der Waals surface area contributed by atoms with Crippen molar-refractivity contribution in [3.8, 4) is 11.1 Å². The highest BCUT2D eigenvalue weighted by Crippen LogP contribution is 2.31. The van der Waals surface area contributed by atoms with Crippen molar-refractivity contribution in [2.24, 2.45) is 0 Å². The van der Waals surface area contributed by atoms with Gasteiger partial charge in [0, 0.05) is 6.04 Å². The number of hydrogen-bond donors (Lipinski definition) is 2. The van der Waals surface area contributed by atoms with E-state index in [-0.39, 0.29) is 6.04 Å². The van der Waals surface area contributed by atoms with Crippen molar-refractivity contribution < 1.29 is 23.1 Å². The number of benzene rings is 2. The molecule has 1 amide bonds. The van der Waals surface area contributed by atoms with Crippen LogP contribution in [0, 0.1) is 0 Å². The summed E-state index contributed by atoms with van der Waals surface area (Å²) in [5.74, 6) is 0. The van der Waals surface area contributed by atoms with Gasteiger partial charge >= 0.3 is 12.3 Å². The minimum Gasteiger partial charge on any atom is -0.465 e. The number of amides is 1. The number of halogens is 3. The smallest absolute Gasteiger partial charge is 0.416 e. The first-order valence-electron chi connectivity index (χ1n) is 8.55. The fourth-order valence-electron chi connectivity index (χ4n) is 2.82. The van der Waals surface area contributed by atoms with Gasteiger partial charge in [-0.3, -0.25) is 0 Å². The summed E-state index contributed by atoms with van der Waals surface area (Å²) in [6.07, 6.45) is -2.09. The molecule has 140 valence electrons. The Morgan fingerprint density at radius 2 is 1.58 bits per heavy atom. The van der Waals surface area contributed by atoms with Gasteiger partial charge in [0.15, 0.2) is 0 Å². The highest BCUT2D eigenvalue weighted by molar-refractivity contribution is 5.65. The monoisotopic (exact) mass is 365 g/mol. The van der Waals surface area contributed by atoms with E-state index in [2.05, 4.69) is 12.2 Å². The molecular weight excluding hydrogens is 343 g/mol. The van der Waals surface area contributed by atoms with E-state index in [1.165, 1.54) is 12.1 Å². The Bertz CT molecular complexity index is 709. The molecule has 6 heteroatoms. The van der Waals surface area contributed by atoms with Crippen LogP contribution in [0.15, 0.2) is 48.5 Å². The van der Waals surface area contributed by atoms with Crippen molar-refractivity contribution >= 4 is 6.09 Å². The van der Waals surface area contributed by atoms with Gasteiger partial charge in [-0.1, -0.05) is 56.2 Å². The van der Waals surface area contributed by atoms with Crippen molar-refractivity contribution in [3.63, 3.8) is 0 Å². The van der Waals surface area contributed by atoms with Gasteiger partial charge in [-0.15, -0.1) is 0 Å². The average molecular weight is 365 g/mol. The van der Waals surface area contributed by atoms with Gasteiger partial charge in [0.25, 0.3) is 0 Å². The number of alkyl halides is 3. The van der Waals surface area contributed by atoms with Gasteiger partial charge in [0.05, 0.1) is 5.56 Å². The SMILES string of the molecule is CCCC[C@@H](Cc1ccc(-c2ccc(C(F)(F)F)cc2)cc1)NC(=O)O. The van der Waals surface area contributed by atoms with Gasteiger partial charge in [-0.25, -0.2) is 4.79 Å². The minimum atomic E-state index is -4.34. The molecule has 0 aliphatic heterocycles. The zero-order chi connectivity index (χ0) is 19.2. The molecule has 0 spiro atoms. The fourth-order valence-corrected chi connectivity index (χ4v) is 2.82. The van der Waals surface area contributed by atoms with E-state index in [0.29, 0.717) is 12.0 Å². The maximum Gasteiger partial charge on any atom is 0.416 e. The summed E-state index contributed by atoms with van der Waals surface area (Å²) in [7, 11) is 0. The van der Waals surface area contributed by atoms with Crippen LogP contribution >= 0.6 is 0 Å². The Balaban J connectivity index is 2.08.